The Hall–Kier alpha value is -1.54. The van der Waals surface area contributed by atoms with E-state index in [0.29, 0.717) is 29.6 Å². The molecule has 1 fully saturated rings. The van der Waals surface area contributed by atoms with Crippen molar-refractivity contribution in [1.82, 2.24) is 10.2 Å². The maximum Gasteiger partial charge on any atom is 0.259 e. The van der Waals surface area contributed by atoms with Crippen molar-refractivity contribution < 1.29 is 19.1 Å². The summed E-state index contributed by atoms with van der Waals surface area (Å²) in [4.78, 5) is 25.2. The normalized spacial score (nSPS) is 19.5. The first-order valence-corrected chi connectivity index (χ1v) is 8.04. The van der Waals surface area contributed by atoms with Gasteiger partial charge >= 0.3 is 0 Å². The van der Waals surface area contributed by atoms with Gasteiger partial charge in [0.25, 0.3) is 5.91 Å². The van der Waals surface area contributed by atoms with E-state index in [0.717, 1.165) is 0 Å². The van der Waals surface area contributed by atoms with Crippen LogP contribution in [0.25, 0.3) is 0 Å². The van der Waals surface area contributed by atoms with Crippen LogP contribution in [0.4, 0.5) is 5.69 Å². The molecule has 2 rings (SSSR count). The van der Waals surface area contributed by atoms with Gasteiger partial charge in [-0.2, -0.15) is 0 Å². The molecule has 1 heterocycles. The van der Waals surface area contributed by atoms with Crippen LogP contribution >= 0.6 is 24.0 Å². The number of amides is 2. The highest BCUT2D eigenvalue weighted by Gasteiger charge is 2.28. The smallest absolute Gasteiger partial charge is 0.259 e. The molecule has 1 aliphatic rings. The molecule has 0 spiro atoms. The number of likely N-dealkylation sites (N-methyl/N-ethyl adjacent to an activating group) is 1. The van der Waals surface area contributed by atoms with Crippen molar-refractivity contribution in [3.05, 3.63) is 23.2 Å². The van der Waals surface area contributed by atoms with E-state index in [2.05, 4.69) is 10.6 Å². The van der Waals surface area contributed by atoms with Gasteiger partial charge in [-0.05, 0) is 25.1 Å². The zero-order valence-electron chi connectivity index (χ0n) is 14.4. The summed E-state index contributed by atoms with van der Waals surface area (Å²) in [6.07, 6.45) is -0.200. The molecule has 0 radical (unpaired) electrons. The third kappa shape index (κ3) is 6.04. The number of hydrogen-bond acceptors (Lipinski definition) is 5. The van der Waals surface area contributed by atoms with Gasteiger partial charge in [0.1, 0.15) is 11.8 Å². The highest BCUT2D eigenvalue weighted by molar-refractivity contribution is 6.32. The van der Waals surface area contributed by atoms with Gasteiger partial charge < -0.3 is 25.0 Å². The Labute approximate surface area is 158 Å². The molecule has 7 nitrogen and oxygen atoms in total. The maximum atomic E-state index is 12.3. The number of ether oxygens (including phenoxy) is 2. The van der Waals surface area contributed by atoms with Crippen LogP contribution in [-0.4, -0.2) is 62.7 Å². The summed E-state index contributed by atoms with van der Waals surface area (Å²) in [5.41, 5.74) is 0.552. The van der Waals surface area contributed by atoms with Crippen LogP contribution in [0, 0.1) is 0 Å². The van der Waals surface area contributed by atoms with Crippen LogP contribution in [0.15, 0.2) is 18.2 Å². The lowest BCUT2D eigenvalue weighted by Crippen LogP contribution is -2.53. The average molecular weight is 392 g/mol. The number of carbonyl (C=O) groups excluding carboxylic acids is 2. The first-order chi connectivity index (χ1) is 11.4. The summed E-state index contributed by atoms with van der Waals surface area (Å²) < 4.78 is 10.8. The van der Waals surface area contributed by atoms with Gasteiger partial charge in [0.05, 0.1) is 17.7 Å². The van der Waals surface area contributed by atoms with E-state index in [9.17, 15) is 9.59 Å². The number of benzene rings is 1. The van der Waals surface area contributed by atoms with Crippen LogP contribution in [0.3, 0.4) is 0 Å². The zero-order chi connectivity index (χ0) is 17.7. The molecule has 2 amide bonds. The molecule has 1 aromatic carbocycles. The Balaban J connectivity index is 0.00000312. The van der Waals surface area contributed by atoms with Crippen molar-refractivity contribution in [1.29, 1.82) is 0 Å². The molecule has 0 aromatic heterocycles. The number of nitrogens with one attached hydrogen (secondary N) is 2. The van der Waals surface area contributed by atoms with Gasteiger partial charge in [0.2, 0.25) is 5.91 Å². The van der Waals surface area contributed by atoms with Gasteiger partial charge in [0, 0.05) is 26.3 Å². The second kappa shape index (κ2) is 9.82. The minimum absolute atomic E-state index is 0. The molecule has 1 aromatic rings. The van der Waals surface area contributed by atoms with Crippen LogP contribution < -0.4 is 15.4 Å². The summed E-state index contributed by atoms with van der Waals surface area (Å²) in [6, 6.07) is 4.47. The molecule has 9 heteroatoms. The fourth-order valence-corrected chi connectivity index (χ4v) is 2.45. The maximum absolute atomic E-state index is 12.3. The molecular formula is C16H23Cl2N3O4. The van der Waals surface area contributed by atoms with Gasteiger partial charge in [-0.15, -0.1) is 12.4 Å². The minimum atomic E-state index is -0.411. The number of anilines is 1. The molecule has 1 aliphatic heterocycles. The minimum Gasteiger partial charge on any atom is -0.482 e. The van der Waals surface area contributed by atoms with E-state index < -0.39 is 6.04 Å². The second-order valence-electron chi connectivity index (χ2n) is 5.72. The molecule has 1 saturated heterocycles. The molecule has 25 heavy (non-hydrogen) atoms. The first-order valence-electron chi connectivity index (χ1n) is 7.67. The quantitative estimate of drug-likeness (QED) is 0.795. The Kier molecular flexibility index (Phi) is 8.44. The van der Waals surface area contributed by atoms with Crippen molar-refractivity contribution in [2.75, 3.05) is 39.2 Å². The third-order valence-corrected chi connectivity index (χ3v) is 3.94. The van der Waals surface area contributed by atoms with Crippen molar-refractivity contribution in [2.24, 2.45) is 0 Å². The SMILES string of the molecule is C[C@H]1OCCN[C@@H]1C(=O)Nc1ccc(OCC(=O)N(C)C)c(Cl)c1.Cl. The summed E-state index contributed by atoms with van der Waals surface area (Å²) in [5, 5.41) is 6.24. The summed E-state index contributed by atoms with van der Waals surface area (Å²) in [5.74, 6) is 0.0351. The summed E-state index contributed by atoms with van der Waals surface area (Å²) in [6.45, 7) is 2.98. The van der Waals surface area contributed by atoms with E-state index in [4.69, 9.17) is 21.1 Å². The lowest BCUT2D eigenvalue weighted by molar-refractivity contribution is -0.130. The number of halogens is 2. The van der Waals surface area contributed by atoms with Crippen molar-refractivity contribution in [3.8, 4) is 5.75 Å². The highest BCUT2D eigenvalue weighted by Crippen LogP contribution is 2.28. The van der Waals surface area contributed by atoms with Crippen LogP contribution in [0.2, 0.25) is 5.02 Å². The van der Waals surface area contributed by atoms with Gasteiger partial charge in [0.15, 0.2) is 6.61 Å². The monoisotopic (exact) mass is 391 g/mol. The number of nitrogens with zero attached hydrogens (tertiary/aromatic N) is 1. The summed E-state index contributed by atoms with van der Waals surface area (Å²) in [7, 11) is 3.30. The Morgan fingerprint density at radius 3 is 2.76 bits per heavy atom. The zero-order valence-corrected chi connectivity index (χ0v) is 15.9. The van der Waals surface area contributed by atoms with Crippen LogP contribution in [0.5, 0.6) is 5.75 Å². The molecule has 0 bridgehead atoms. The topological polar surface area (TPSA) is 79.9 Å². The molecule has 2 atom stereocenters. The fourth-order valence-electron chi connectivity index (χ4n) is 2.21. The highest BCUT2D eigenvalue weighted by atomic mass is 35.5. The number of rotatable bonds is 5. The number of hydrogen-bond donors (Lipinski definition) is 2. The predicted octanol–water partition coefficient (Wildman–Crippen LogP) is 1.54. The van der Waals surface area contributed by atoms with Gasteiger partial charge in [-0.25, -0.2) is 0 Å². The standard InChI is InChI=1S/C16H22ClN3O4.ClH/c1-10-15(18-6-7-23-10)16(22)19-11-4-5-13(12(17)8-11)24-9-14(21)20(2)3;/h4-5,8,10,15,18H,6-7,9H2,1-3H3,(H,19,22);1H/t10-,15+;/m1./s1. The van der Waals surface area contributed by atoms with E-state index in [1.165, 1.54) is 4.90 Å². The summed E-state index contributed by atoms with van der Waals surface area (Å²) >= 11 is 6.15. The Morgan fingerprint density at radius 2 is 2.16 bits per heavy atom. The van der Waals surface area contributed by atoms with Crippen molar-refractivity contribution >= 4 is 41.5 Å². The number of morpholine rings is 1. The van der Waals surface area contributed by atoms with Crippen LogP contribution in [-0.2, 0) is 14.3 Å². The second-order valence-corrected chi connectivity index (χ2v) is 6.13. The largest absolute Gasteiger partial charge is 0.482 e. The fraction of sp³-hybridized carbons (Fsp3) is 0.500. The lowest BCUT2D eigenvalue weighted by Gasteiger charge is -2.29. The molecule has 2 N–H and O–H groups in total. The molecule has 140 valence electrons. The van der Waals surface area contributed by atoms with E-state index >= 15 is 0 Å². The Morgan fingerprint density at radius 1 is 1.44 bits per heavy atom. The first kappa shape index (κ1) is 21.5. The third-order valence-electron chi connectivity index (χ3n) is 3.65. The number of carbonyl (C=O) groups is 2. The van der Waals surface area contributed by atoms with E-state index in [1.807, 2.05) is 6.92 Å². The van der Waals surface area contributed by atoms with E-state index in [1.54, 1.807) is 32.3 Å². The molecular weight excluding hydrogens is 369 g/mol. The van der Waals surface area contributed by atoms with E-state index in [-0.39, 0.29) is 36.9 Å². The predicted molar refractivity (Wildman–Crippen MR) is 98.7 cm³/mol. The average Bonchev–Trinajstić information content (AvgIpc) is 2.54. The van der Waals surface area contributed by atoms with Gasteiger partial charge in [-0.1, -0.05) is 11.6 Å². The van der Waals surface area contributed by atoms with Crippen molar-refractivity contribution in [2.45, 2.75) is 19.1 Å². The molecule has 0 aliphatic carbocycles. The molecule has 0 unspecified atom stereocenters. The van der Waals surface area contributed by atoms with Crippen LogP contribution in [0.1, 0.15) is 6.92 Å². The molecule has 0 saturated carbocycles. The Bertz CT molecular complexity index is 613. The van der Waals surface area contributed by atoms with Crippen molar-refractivity contribution in [3.63, 3.8) is 0 Å². The lowest BCUT2D eigenvalue weighted by atomic mass is 10.1. The van der Waals surface area contributed by atoms with Gasteiger partial charge in [-0.3, -0.25) is 9.59 Å².